The van der Waals surface area contributed by atoms with Crippen LogP contribution in [0.3, 0.4) is 0 Å². The monoisotopic (exact) mass is 356 g/mol. The van der Waals surface area contributed by atoms with E-state index in [0.717, 1.165) is 36.9 Å². The first kappa shape index (κ1) is 15.0. The van der Waals surface area contributed by atoms with E-state index in [1.807, 2.05) is 28.9 Å². The summed E-state index contributed by atoms with van der Waals surface area (Å²) in [6.07, 6.45) is 5.65. The van der Waals surface area contributed by atoms with Gasteiger partial charge in [0, 0.05) is 25.8 Å². The Morgan fingerprint density at radius 3 is 2.86 bits per heavy atom. The molecule has 7 heteroatoms. The highest BCUT2D eigenvalue weighted by Gasteiger charge is 2.33. The summed E-state index contributed by atoms with van der Waals surface area (Å²) in [5.74, 6) is 0.169. The molecule has 1 aromatic heterocycles. The number of hydrogen-bond donors (Lipinski definition) is 1. The van der Waals surface area contributed by atoms with Crippen LogP contribution < -0.4 is 5.32 Å². The van der Waals surface area contributed by atoms with Gasteiger partial charge in [-0.05, 0) is 35.7 Å². The maximum Gasteiger partial charge on any atom is 0.242 e. The molecular weight excluding hydrogens is 336 g/mol. The molecule has 0 aromatic carbocycles. The Morgan fingerprint density at radius 1 is 1.48 bits per heavy atom. The number of hydrogen-bond acceptors (Lipinski definition) is 4. The molecule has 2 aliphatic rings. The van der Waals surface area contributed by atoms with Gasteiger partial charge in [-0.15, -0.1) is 0 Å². The van der Waals surface area contributed by atoms with Crippen LogP contribution >= 0.6 is 15.9 Å². The van der Waals surface area contributed by atoms with Crippen LogP contribution in [-0.4, -0.2) is 59.0 Å². The van der Waals surface area contributed by atoms with E-state index >= 15 is 0 Å². The number of aromatic nitrogens is 2. The van der Waals surface area contributed by atoms with Crippen molar-refractivity contribution in [3.8, 4) is 0 Å². The zero-order valence-electron chi connectivity index (χ0n) is 12.2. The Labute approximate surface area is 132 Å². The van der Waals surface area contributed by atoms with E-state index in [1.165, 1.54) is 0 Å². The molecule has 0 bridgehead atoms. The van der Waals surface area contributed by atoms with Gasteiger partial charge in [0.2, 0.25) is 5.91 Å². The van der Waals surface area contributed by atoms with Gasteiger partial charge in [0.05, 0.1) is 29.4 Å². The molecule has 3 heterocycles. The van der Waals surface area contributed by atoms with Crippen LogP contribution in [0.25, 0.3) is 0 Å². The normalized spacial score (nSPS) is 27.8. The Hall–Kier alpha value is -0.920. The fourth-order valence-electron chi connectivity index (χ4n) is 3.07. The van der Waals surface area contributed by atoms with E-state index in [9.17, 15) is 4.79 Å². The van der Waals surface area contributed by atoms with Crippen LogP contribution in [0.1, 0.15) is 25.8 Å². The summed E-state index contributed by atoms with van der Waals surface area (Å²) in [7, 11) is 0. The van der Waals surface area contributed by atoms with E-state index in [-0.39, 0.29) is 18.1 Å². The van der Waals surface area contributed by atoms with E-state index < -0.39 is 0 Å². The standard InChI is InChI=1S/C14H21BrN4O2/c1-10-13(16-4-7-21-10)14(20)18-5-2-12(3-6-18)19-9-11(15)8-17-19/h8-10,12-13,16H,2-7H2,1H3/t10-,13+/m1/s1. The van der Waals surface area contributed by atoms with Crippen LogP contribution in [0.2, 0.25) is 0 Å². The van der Waals surface area contributed by atoms with Crippen molar-refractivity contribution in [3.05, 3.63) is 16.9 Å². The Bertz CT molecular complexity index is 499. The van der Waals surface area contributed by atoms with Crippen molar-refractivity contribution in [2.24, 2.45) is 0 Å². The third-order valence-electron chi connectivity index (χ3n) is 4.30. The van der Waals surface area contributed by atoms with Crippen molar-refractivity contribution >= 4 is 21.8 Å². The average Bonchev–Trinajstić information content (AvgIpc) is 2.94. The number of morpholine rings is 1. The quantitative estimate of drug-likeness (QED) is 0.864. The lowest BCUT2D eigenvalue weighted by Gasteiger charge is -2.37. The van der Waals surface area contributed by atoms with Gasteiger partial charge in [-0.3, -0.25) is 9.48 Å². The summed E-state index contributed by atoms with van der Waals surface area (Å²) in [4.78, 5) is 14.5. The Morgan fingerprint density at radius 2 is 2.24 bits per heavy atom. The third kappa shape index (κ3) is 3.30. The number of rotatable bonds is 2. The largest absolute Gasteiger partial charge is 0.375 e. The molecule has 2 atom stereocenters. The molecule has 0 radical (unpaired) electrons. The molecule has 1 amide bonds. The molecule has 1 aromatic rings. The first-order chi connectivity index (χ1) is 10.1. The zero-order valence-corrected chi connectivity index (χ0v) is 13.8. The Balaban J connectivity index is 1.56. The van der Waals surface area contributed by atoms with Gasteiger partial charge in [-0.2, -0.15) is 5.10 Å². The average molecular weight is 357 g/mol. The van der Waals surface area contributed by atoms with Gasteiger partial charge >= 0.3 is 0 Å². The van der Waals surface area contributed by atoms with Crippen molar-refractivity contribution < 1.29 is 9.53 Å². The zero-order chi connectivity index (χ0) is 14.8. The minimum absolute atomic E-state index is 0.0500. The number of nitrogens with one attached hydrogen (secondary N) is 1. The maximum absolute atomic E-state index is 12.6. The number of halogens is 1. The minimum atomic E-state index is -0.200. The van der Waals surface area contributed by atoms with Crippen molar-refractivity contribution in [1.29, 1.82) is 0 Å². The van der Waals surface area contributed by atoms with E-state index in [4.69, 9.17) is 4.74 Å². The van der Waals surface area contributed by atoms with E-state index in [0.29, 0.717) is 12.6 Å². The molecule has 0 saturated carbocycles. The van der Waals surface area contributed by atoms with E-state index in [2.05, 4.69) is 26.3 Å². The lowest BCUT2D eigenvalue weighted by molar-refractivity contribution is -0.140. The number of likely N-dealkylation sites (tertiary alicyclic amines) is 1. The maximum atomic E-state index is 12.6. The second kappa shape index (κ2) is 6.46. The second-order valence-electron chi connectivity index (χ2n) is 5.70. The summed E-state index contributed by atoms with van der Waals surface area (Å²) < 4.78 is 8.56. The van der Waals surface area contributed by atoms with Crippen molar-refractivity contribution in [1.82, 2.24) is 20.0 Å². The highest BCUT2D eigenvalue weighted by atomic mass is 79.9. The summed E-state index contributed by atoms with van der Waals surface area (Å²) in [6.45, 7) is 4.96. The topological polar surface area (TPSA) is 59.4 Å². The number of carbonyl (C=O) groups excluding carboxylic acids is 1. The van der Waals surface area contributed by atoms with Gasteiger partial charge in [-0.1, -0.05) is 0 Å². The summed E-state index contributed by atoms with van der Waals surface area (Å²) in [5.41, 5.74) is 0. The van der Waals surface area contributed by atoms with Gasteiger partial charge in [0.1, 0.15) is 6.04 Å². The molecule has 21 heavy (non-hydrogen) atoms. The molecule has 6 nitrogen and oxygen atoms in total. The first-order valence-electron chi connectivity index (χ1n) is 7.48. The van der Waals surface area contributed by atoms with Gasteiger partial charge in [0.15, 0.2) is 0 Å². The molecule has 2 fully saturated rings. The molecule has 2 saturated heterocycles. The second-order valence-corrected chi connectivity index (χ2v) is 6.62. The van der Waals surface area contributed by atoms with Crippen molar-refractivity contribution in [3.63, 3.8) is 0 Å². The summed E-state index contributed by atoms with van der Waals surface area (Å²) in [6, 6.07) is 0.183. The highest BCUT2D eigenvalue weighted by Crippen LogP contribution is 2.24. The Kier molecular flexibility index (Phi) is 4.61. The fourth-order valence-corrected chi connectivity index (χ4v) is 3.37. The molecule has 1 N–H and O–H groups in total. The number of nitrogens with zero attached hydrogens (tertiary/aromatic N) is 3. The molecule has 0 spiro atoms. The summed E-state index contributed by atoms with van der Waals surface area (Å²) in [5, 5.41) is 7.62. The number of piperidine rings is 1. The first-order valence-corrected chi connectivity index (χ1v) is 8.28. The third-order valence-corrected chi connectivity index (χ3v) is 4.71. The SMILES string of the molecule is C[C@H]1OCCN[C@@H]1C(=O)N1CCC(n2cc(Br)cn2)CC1. The van der Waals surface area contributed by atoms with Crippen molar-refractivity contribution in [2.75, 3.05) is 26.2 Å². The molecule has 0 aliphatic carbocycles. The van der Waals surface area contributed by atoms with Crippen LogP contribution in [0.4, 0.5) is 0 Å². The van der Waals surface area contributed by atoms with Gasteiger partial charge < -0.3 is 15.0 Å². The van der Waals surface area contributed by atoms with E-state index in [1.54, 1.807) is 0 Å². The number of ether oxygens (including phenoxy) is 1. The molecule has 2 aliphatic heterocycles. The molecule has 116 valence electrons. The smallest absolute Gasteiger partial charge is 0.242 e. The van der Waals surface area contributed by atoms with Crippen LogP contribution in [0.5, 0.6) is 0 Å². The number of carbonyl (C=O) groups is 1. The highest BCUT2D eigenvalue weighted by molar-refractivity contribution is 9.10. The number of amides is 1. The van der Waals surface area contributed by atoms with Gasteiger partial charge in [-0.25, -0.2) is 0 Å². The van der Waals surface area contributed by atoms with Crippen LogP contribution in [-0.2, 0) is 9.53 Å². The van der Waals surface area contributed by atoms with Crippen LogP contribution in [0, 0.1) is 0 Å². The lowest BCUT2D eigenvalue weighted by atomic mass is 10.0. The molecule has 3 rings (SSSR count). The summed E-state index contributed by atoms with van der Waals surface area (Å²) >= 11 is 3.42. The van der Waals surface area contributed by atoms with Gasteiger partial charge in [0.25, 0.3) is 0 Å². The van der Waals surface area contributed by atoms with Crippen LogP contribution in [0.15, 0.2) is 16.9 Å². The predicted octanol–water partition coefficient (Wildman–Crippen LogP) is 1.19. The molecular formula is C14H21BrN4O2. The minimum Gasteiger partial charge on any atom is -0.375 e. The lowest BCUT2D eigenvalue weighted by Crippen LogP contribution is -2.57. The fraction of sp³-hybridized carbons (Fsp3) is 0.714. The molecule has 0 unspecified atom stereocenters. The van der Waals surface area contributed by atoms with Crippen molar-refractivity contribution in [2.45, 2.75) is 38.0 Å². The predicted molar refractivity (Wildman–Crippen MR) is 82.0 cm³/mol.